The summed E-state index contributed by atoms with van der Waals surface area (Å²) < 4.78 is 24.1. The highest BCUT2D eigenvalue weighted by molar-refractivity contribution is 5.91. The molecule has 7 nitrogen and oxygen atoms in total. The van der Waals surface area contributed by atoms with Crippen molar-refractivity contribution in [3.8, 4) is 0 Å². The van der Waals surface area contributed by atoms with Crippen molar-refractivity contribution in [1.82, 2.24) is 0 Å². The van der Waals surface area contributed by atoms with Crippen LogP contribution in [0.4, 0.5) is 0 Å². The number of ether oxygens (including phenoxy) is 4. The van der Waals surface area contributed by atoms with Crippen molar-refractivity contribution < 1.29 is 34.0 Å². The highest BCUT2D eigenvalue weighted by Crippen LogP contribution is 2.58. The molecule has 0 amide bonds. The van der Waals surface area contributed by atoms with Crippen molar-refractivity contribution in [3.63, 3.8) is 0 Å². The van der Waals surface area contributed by atoms with Crippen LogP contribution in [0.5, 0.6) is 0 Å². The van der Waals surface area contributed by atoms with E-state index < -0.39 is 34.8 Å². The molecular formula is C30H44O7. The maximum Gasteiger partial charge on any atom is 0.336 e. The van der Waals surface area contributed by atoms with Gasteiger partial charge in [-0.2, -0.15) is 0 Å². The number of carbonyl (C=O) groups excluding carboxylic acids is 1. The average Bonchev–Trinajstić information content (AvgIpc) is 3.13. The van der Waals surface area contributed by atoms with Crippen LogP contribution in [-0.4, -0.2) is 58.3 Å². The summed E-state index contributed by atoms with van der Waals surface area (Å²) in [4.78, 5) is 11.9. The van der Waals surface area contributed by atoms with Gasteiger partial charge in [0.25, 0.3) is 0 Å². The summed E-state index contributed by atoms with van der Waals surface area (Å²) in [5.41, 5.74) is 1.50. The van der Waals surface area contributed by atoms with E-state index in [1.54, 1.807) is 0 Å². The number of aliphatic hydroxyl groups is 2. The fraction of sp³-hybridized carbons (Fsp3) is 0.767. The summed E-state index contributed by atoms with van der Waals surface area (Å²) in [5.74, 6) is -1.96. The van der Waals surface area contributed by atoms with Gasteiger partial charge in [-0.25, -0.2) is 4.79 Å². The standard InChI is InChI=1S/C30H44O7/c1-19-7-9-21(26(2,3)23(19)12-11-22-24(31)18-34-25(22)32)10-8-20-13-14-30(35-17-20)28(6)15-16-29(33,37-30)27(4,5)36-28/h11,13,21,23-24,31,33H,1,7-10,12,14-18H2,2-6H3/b22-11-/t21-,23-,24-,28-,29-,30-/m0/s1. The fourth-order valence-electron chi connectivity index (χ4n) is 7.44. The minimum absolute atomic E-state index is 0.0129. The van der Waals surface area contributed by atoms with Gasteiger partial charge in [0.1, 0.15) is 23.9 Å². The normalized spacial score (nSPS) is 43.8. The number of carbonyl (C=O) groups is 1. The maximum atomic E-state index is 11.9. The van der Waals surface area contributed by atoms with Gasteiger partial charge in [-0.3, -0.25) is 0 Å². The number of aliphatic hydroxyl groups excluding tert-OH is 1. The van der Waals surface area contributed by atoms with Crippen LogP contribution in [0.15, 0.2) is 35.5 Å². The third kappa shape index (κ3) is 4.35. The van der Waals surface area contributed by atoms with Crippen LogP contribution < -0.4 is 0 Å². The van der Waals surface area contributed by atoms with Gasteiger partial charge in [-0.05, 0) is 82.1 Å². The van der Waals surface area contributed by atoms with E-state index in [0.29, 0.717) is 43.8 Å². The lowest BCUT2D eigenvalue weighted by Crippen LogP contribution is -2.78. The molecule has 0 unspecified atom stereocenters. The van der Waals surface area contributed by atoms with Crippen molar-refractivity contribution in [2.24, 2.45) is 17.3 Å². The molecule has 2 bridgehead atoms. The zero-order valence-electron chi connectivity index (χ0n) is 23.1. The molecule has 4 saturated heterocycles. The highest BCUT2D eigenvalue weighted by atomic mass is 16.8. The summed E-state index contributed by atoms with van der Waals surface area (Å²) in [5, 5.41) is 21.2. The second-order valence-electron chi connectivity index (χ2n) is 13.2. The van der Waals surface area contributed by atoms with E-state index >= 15 is 0 Å². The molecule has 6 atom stereocenters. The smallest absolute Gasteiger partial charge is 0.336 e. The van der Waals surface area contributed by atoms with Crippen LogP contribution in [0.1, 0.15) is 86.0 Å². The third-order valence-electron chi connectivity index (χ3n) is 10.3. The molecule has 6 rings (SSSR count). The van der Waals surface area contributed by atoms with Crippen LogP contribution in [0, 0.1) is 17.3 Å². The van der Waals surface area contributed by atoms with Crippen LogP contribution in [0.25, 0.3) is 0 Å². The second kappa shape index (κ2) is 9.02. The van der Waals surface area contributed by atoms with Crippen LogP contribution in [-0.2, 0) is 23.7 Å². The predicted molar refractivity (Wildman–Crippen MR) is 138 cm³/mol. The van der Waals surface area contributed by atoms with Gasteiger partial charge in [-0.15, -0.1) is 0 Å². The summed E-state index contributed by atoms with van der Waals surface area (Å²) in [6.07, 6.45) is 9.84. The minimum atomic E-state index is -1.35. The lowest BCUT2D eigenvalue weighted by molar-refractivity contribution is -0.515. The van der Waals surface area contributed by atoms with E-state index in [9.17, 15) is 15.0 Å². The number of esters is 1. The first-order valence-electron chi connectivity index (χ1n) is 13.9. The Kier molecular flexibility index (Phi) is 6.60. The van der Waals surface area contributed by atoms with Gasteiger partial charge >= 0.3 is 5.97 Å². The first kappa shape index (κ1) is 27.1. The van der Waals surface area contributed by atoms with E-state index in [2.05, 4.69) is 26.5 Å². The largest absolute Gasteiger partial charge is 0.459 e. The van der Waals surface area contributed by atoms with Gasteiger partial charge in [0, 0.05) is 12.8 Å². The summed E-state index contributed by atoms with van der Waals surface area (Å²) in [6, 6.07) is 0. The number of cyclic esters (lactones) is 1. The average molecular weight is 517 g/mol. The number of hydrogen-bond acceptors (Lipinski definition) is 7. The number of allylic oxidation sites excluding steroid dienone is 2. The van der Waals surface area contributed by atoms with Crippen molar-refractivity contribution in [2.75, 3.05) is 13.2 Å². The number of rotatable bonds is 5. The topological polar surface area (TPSA) is 94.5 Å². The van der Waals surface area contributed by atoms with E-state index in [1.165, 1.54) is 11.1 Å². The zero-order valence-corrected chi connectivity index (χ0v) is 23.1. The van der Waals surface area contributed by atoms with Crippen LogP contribution in [0.3, 0.4) is 0 Å². The van der Waals surface area contributed by atoms with Crippen LogP contribution >= 0.6 is 0 Å². The van der Waals surface area contributed by atoms with E-state index in [1.807, 2.05) is 26.8 Å². The minimum Gasteiger partial charge on any atom is -0.459 e. The molecule has 7 heteroatoms. The molecule has 1 saturated carbocycles. The lowest BCUT2D eigenvalue weighted by Gasteiger charge is -2.65. The summed E-state index contributed by atoms with van der Waals surface area (Å²) in [6.45, 7) is 15.3. The molecule has 1 spiro atoms. The van der Waals surface area contributed by atoms with Crippen molar-refractivity contribution in [1.29, 1.82) is 0 Å². The third-order valence-corrected chi connectivity index (χ3v) is 10.3. The van der Waals surface area contributed by atoms with E-state index in [-0.39, 0.29) is 17.9 Å². The predicted octanol–water partition coefficient (Wildman–Crippen LogP) is 4.72. The number of hydrogen-bond donors (Lipinski definition) is 2. The Morgan fingerprint density at radius 2 is 1.92 bits per heavy atom. The lowest BCUT2D eigenvalue weighted by atomic mass is 9.58. The van der Waals surface area contributed by atoms with Crippen molar-refractivity contribution in [2.45, 2.75) is 115 Å². The molecule has 206 valence electrons. The first-order chi connectivity index (χ1) is 17.2. The van der Waals surface area contributed by atoms with Gasteiger partial charge < -0.3 is 29.2 Å². The number of fused-ring (bicyclic) bond motifs is 2. The van der Waals surface area contributed by atoms with Gasteiger partial charge in [0.2, 0.25) is 5.79 Å². The molecular weight excluding hydrogens is 472 g/mol. The fourth-order valence-corrected chi connectivity index (χ4v) is 7.44. The Hall–Kier alpha value is -1.51. The van der Waals surface area contributed by atoms with E-state index in [0.717, 1.165) is 25.7 Å². The van der Waals surface area contributed by atoms with Crippen molar-refractivity contribution >= 4 is 5.97 Å². The summed E-state index contributed by atoms with van der Waals surface area (Å²) in [7, 11) is 0. The summed E-state index contributed by atoms with van der Waals surface area (Å²) >= 11 is 0. The SMILES string of the molecule is C=C1CC[C@@H](CCC2=CC[C@]3(OC2)O[C@@]2(O)CC[C@]3(C)OC2(C)C)C(C)(C)[C@H]1C/C=C1\C(=O)OC[C@@H]1O. The molecule has 5 heterocycles. The van der Waals surface area contributed by atoms with Crippen molar-refractivity contribution in [3.05, 3.63) is 35.5 Å². The molecule has 5 aliphatic heterocycles. The molecule has 37 heavy (non-hydrogen) atoms. The van der Waals surface area contributed by atoms with E-state index in [4.69, 9.17) is 18.9 Å². The van der Waals surface area contributed by atoms with Gasteiger partial charge in [0.05, 0.1) is 12.2 Å². The molecule has 0 aromatic carbocycles. The molecule has 0 radical (unpaired) electrons. The Morgan fingerprint density at radius 3 is 2.54 bits per heavy atom. The maximum absolute atomic E-state index is 11.9. The first-order valence-corrected chi connectivity index (χ1v) is 13.9. The molecule has 5 fully saturated rings. The quantitative estimate of drug-likeness (QED) is 0.310. The molecule has 6 aliphatic rings. The molecule has 1 aliphatic carbocycles. The molecule has 0 aromatic rings. The Balaban J connectivity index is 1.23. The van der Waals surface area contributed by atoms with Crippen LogP contribution in [0.2, 0.25) is 0 Å². The zero-order chi connectivity index (χ0) is 26.9. The Morgan fingerprint density at radius 1 is 1.16 bits per heavy atom. The Labute approximate surface area is 220 Å². The second-order valence-corrected chi connectivity index (χ2v) is 13.2. The monoisotopic (exact) mass is 516 g/mol. The highest BCUT2D eigenvalue weighted by Gasteiger charge is 2.70. The van der Waals surface area contributed by atoms with Gasteiger partial charge in [0.15, 0.2) is 5.79 Å². The molecule has 2 N–H and O–H groups in total. The Bertz CT molecular complexity index is 1020. The van der Waals surface area contributed by atoms with Gasteiger partial charge in [-0.1, -0.05) is 38.2 Å². The molecule has 0 aromatic heterocycles.